The summed E-state index contributed by atoms with van der Waals surface area (Å²) >= 11 is 6.20. The van der Waals surface area contributed by atoms with E-state index in [0.29, 0.717) is 4.31 Å². The molecule has 0 radical (unpaired) electrons. The van der Waals surface area contributed by atoms with E-state index in [0.717, 1.165) is 17.0 Å². The molecule has 40 heavy (non-hydrogen) atoms. The van der Waals surface area contributed by atoms with Gasteiger partial charge in [0.15, 0.2) is 5.54 Å². The quantitative estimate of drug-likeness (QED) is 0.309. The first-order valence-electron chi connectivity index (χ1n) is 12.0. The van der Waals surface area contributed by atoms with Gasteiger partial charge in [-0.25, -0.2) is 22.6 Å². The number of rotatable bonds is 7. The molecule has 3 aromatic carbocycles. The maximum absolute atomic E-state index is 15.0. The molecule has 12 heteroatoms. The molecule has 1 unspecified atom stereocenters. The summed E-state index contributed by atoms with van der Waals surface area (Å²) in [5, 5.41) is 10.2. The van der Waals surface area contributed by atoms with Gasteiger partial charge in [0, 0.05) is 23.5 Å². The van der Waals surface area contributed by atoms with E-state index in [2.05, 4.69) is 4.98 Å². The Hall–Kier alpha value is -4.48. The Balaban J connectivity index is 1.96. The molecule has 1 aromatic heterocycles. The average molecular weight is 582 g/mol. The Morgan fingerprint density at radius 3 is 2.33 bits per heavy atom. The van der Waals surface area contributed by atoms with Gasteiger partial charge in [0.1, 0.15) is 5.82 Å². The van der Waals surface area contributed by atoms with Crippen LogP contribution in [-0.4, -0.2) is 37.1 Å². The second kappa shape index (κ2) is 10.2. The Labute approximate surface area is 234 Å². The Kier molecular flexibility index (Phi) is 6.94. The summed E-state index contributed by atoms with van der Waals surface area (Å²) in [5.41, 5.74) is -3.09. The summed E-state index contributed by atoms with van der Waals surface area (Å²) < 4.78 is 49.1. The first-order chi connectivity index (χ1) is 19.1. The van der Waals surface area contributed by atoms with Gasteiger partial charge >= 0.3 is 6.09 Å². The van der Waals surface area contributed by atoms with Crippen molar-refractivity contribution >= 4 is 45.0 Å². The zero-order valence-electron chi connectivity index (χ0n) is 20.9. The van der Waals surface area contributed by atoms with Crippen molar-refractivity contribution in [1.82, 2.24) is 4.98 Å². The molecule has 0 fully saturated rings. The van der Waals surface area contributed by atoms with Crippen molar-refractivity contribution in [3.05, 3.63) is 113 Å². The van der Waals surface area contributed by atoms with E-state index in [-0.39, 0.29) is 34.2 Å². The van der Waals surface area contributed by atoms with Crippen LogP contribution in [-0.2, 0) is 20.4 Å². The smallest absolute Gasteiger partial charge is 0.413 e. The highest BCUT2D eigenvalue weighted by Crippen LogP contribution is 2.54. The van der Waals surface area contributed by atoms with Gasteiger partial charge in [-0.3, -0.25) is 9.69 Å². The van der Waals surface area contributed by atoms with E-state index in [4.69, 9.17) is 16.3 Å². The van der Waals surface area contributed by atoms with Gasteiger partial charge in [0.2, 0.25) is 5.88 Å². The van der Waals surface area contributed by atoms with Gasteiger partial charge in [-0.05, 0) is 49.4 Å². The van der Waals surface area contributed by atoms with Crippen molar-refractivity contribution in [2.24, 2.45) is 0 Å². The van der Waals surface area contributed by atoms with Gasteiger partial charge in [-0.15, -0.1) is 0 Å². The standard InChI is InChI=1S/C28H21ClFN3O6S/c1-2-39-25-20(14-9-15-31-25)28(32(27(35)36)18-10-5-3-6-11-18)21-16-22(29)23(30)17-24(21)33(26(28)34)40(37,38)19-12-7-4-8-13-19/h3-17H,2H2,1H3,(H,35,36). The zero-order chi connectivity index (χ0) is 28.7. The number of benzene rings is 3. The van der Waals surface area contributed by atoms with Crippen molar-refractivity contribution in [2.45, 2.75) is 17.4 Å². The molecule has 0 saturated heterocycles. The van der Waals surface area contributed by atoms with Crippen LogP contribution >= 0.6 is 11.6 Å². The largest absolute Gasteiger partial charge is 0.478 e. The van der Waals surface area contributed by atoms with Crippen molar-refractivity contribution < 1.29 is 32.2 Å². The molecule has 0 aliphatic carbocycles. The van der Waals surface area contributed by atoms with E-state index in [1.54, 1.807) is 31.2 Å². The van der Waals surface area contributed by atoms with E-state index in [1.165, 1.54) is 54.7 Å². The van der Waals surface area contributed by atoms with Crippen LogP contribution in [0.5, 0.6) is 5.88 Å². The zero-order valence-corrected chi connectivity index (χ0v) is 22.4. The minimum absolute atomic E-state index is 0.0278. The summed E-state index contributed by atoms with van der Waals surface area (Å²) in [6.45, 7) is 1.76. The average Bonchev–Trinajstić information content (AvgIpc) is 3.18. The number of nitrogens with zero attached hydrogens (tertiary/aromatic N) is 3. The maximum Gasteiger partial charge on any atom is 0.413 e. The Morgan fingerprint density at radius 1 is 1.05 bits per heavy atom. The van der Waals surface area contributed by atoms with Crippen LogP contribution in [0.25, 0.3) is 0 Å². The van der Waals surface area contributed by atoms with E-state index in [9.17, 15) is 27.5 Å². The fourth-order valence-electron chi connectivity index (χ4n) is 4.84. The fourth-order valence-corrected chi connectivity index (χ4v) is 6.48. The number of aromatic nitrogens is 1. The van der Waals surface area contributed by atoms with Gasteiger partial charge in [0.25, 0.3) is 15.9 Å². The van der Waals surface area contributed by atoms with Crippen molar-refractivity contribution in [2.75, 3.05) is 15.8 Å². The molecule has 0 saturated carbocycles. The molecule has 1 aliphatic heterocycles. The number of halogens is 2. The molecule has 204 valence electrons. The third-order valence-electron chi connectivity index (χ3n) is 6.41. The molecule has 1 atom stereocenters. The Morgan fingerprint density at radius 2 is 1.70 bits per heavy atom. The molecule has 4 aromatic rings. The highest BCUT2D eigenvalue weighted by molar-refractivity contribution is 7.93. The number of carboxylic acid groups (broad SMARTS) is 1. The third-order valence-corrected chi connectivity index (χ3v) is 8.41. The first kappa shape index (κ1) is 27.1. The fraction of sp³-hybridized carbons (Fsp3) is 0.107. The Bertz CT molecular complexity index is 1720. The molecule has 1 N–H and O–H groups in total. The van der Waals surface area contributed by atoms with E-state index in [1.807, 2.05) is 0 Å². The number of anilines is 2. The summed E-state index contributed by atoms with van der Waals surface area (Å²) in [4.78, 5) is 32.6. The minimum Gasteiger partial charge on any atom is -0.478 e. The summed E-state index contributed by atoms with van der Waals surface area (Å²) in [7, 11) is -4.68. The minimum atomic E-state index is -4.68. The number of hydrogen-bond acceptors (Lipinski definition) is 6. The number of amides is 2. The normalized spacial score (nSPS) is 16.5. The second-order valence-electron chi connectivity index (χ2n) is 8.62. The van der Waals surface area contributed by atoms with Crippen LogP contribution in [0.1, 0.15) is 18.1 Å². The van der Waals surface area contributed by atoms with Gasteiger partial charge in [-0.1, -0.05) is 48.0 Å². The van der Waals surface area contributed by atoms with Gasteiger partial charge in [-0.2, -0.15) is 4.31 Å². The van der Waals surface area contributed by atoms with Crippen molar-refractivity contribution in [3.63, 3.8) is 0 Å². The maximum atomic E-state index is 15.0. The highest BCUT2D eigenvalue weighted by atomic mass is 35.5. The number of carbonyl (C=O) groups is 2. The lowest BCUT2D eigenvalue weighted by Crippen LogP contribution is -2.57. The van der Waals surface area contributed by atoms with Crippen LogP contribution in [0.2, 0.25) is 5.02 Å². The van der Waals surface area contributed by atoms with Gasteiger partial charge in [0.05, 0.1) is 27.8 Å². The second-order valence-corrected chi connectivity index (χ2v) is 10.8. The SMILES string of the molecule is CCOc1ncccc1C1(N(C(=O)O)c2ccccc2)C(=O)N(S(=O)(=O)c2ccccc2)c2cc(F)c(Cl)cc21. The topological polar surface area (TPSA) is 117 Å². The number of hydrogen-bond donors (Lipinski definition) is 1. The molecule has 5 rings (SSSR count). The van der Waals surface area contributed by atoms with Crippen LogP contribution in [0.4, 0.5) is 20.6 Å². The van der Waals surface area contributed by atoms with E-state index >= 15 is 0 Å². The third kappa shape index (κ3) is 4.05. The predicted molar refractivity (Wildman–Crippen MR) is 146 cm³/mol. The predicted octanol–water partition coefficient (Wildman–Crippen LogP) is 5.44. The number of sulfonamides is 1. The van der Waals surface area contributed by atoms with Crippen LogP contribution in [0.15, 0.2) is 96.0 Å². The molecular weight excluding hydrogens is 561 g/mol. The molecule has 0 spiro atoms. The van der Waals surface area contributed by atoms with Crippen LogP contribution in [0.3, 0.4) is 0 Å². The number of fused-ring (bicyclic) bond motifs is 1. The van der Waals surface area contributed by atoms with Crippen LogP contribution in [0, 0.1) is 5.82 Å². The summed E-state index contributed by atoms with van der Waals surface area (Å²) in [6, 6.07) is 19.5. The number of para-hydroxylation sites is 1. The van der Waals surface area contributed by atoms with Crippen LogP contribution < -0.4 is 13.9 Å². The van der Waals surface area contributed by atoms with Gasteiger partial charge < -0.3 is 9.84 Å². The summed E-state index contributed by atoms with van der Waals surface area (Å²) in [5.74, 6) is -2.34. The monoisotopic (exact) mass is 581 g/mol. The van der Waals surface area contributed by atoms with E-state index < -0.39 is 44.1 Å². The molecule has 9 nitrogen and oxygen atoms in total. The van der Waals surface area contributed by atoms with Crippen molar-refractivity contribution in [1.29, 1.82) is 0 Å². The number of ether oxygens (including phenoxy) is 1. The molecule has 2 amide bonds. The van der Waals surface area contributed by atoms with Crippen molar-refractivity contribution in [3.8, 4) is 5.88 Å². The molecule has 0 bridgehead atoms. The number of carbonyl (C=O) groups excluding carboxylic acids is 1. The first-order valence-corrected chi connectivity index (χ1v) is 13.8. The molecule has 1 aliphatic rings. The number of pyridine rings is 1. The lowest BCUT2D eigenvalue weighted by Gasteiger charge is -2.39. The lowest BCUT2D eigenvalue weighted by molar-refractivity contribution is -0.120. The highest BCUT2D eigenvalue weighted by Gasteiger charge is 2.63. The molecular formula is C28H21ClFN3O6S. The summed E-state index contributed by atoms with van der Waals surface area (Å²) in [6.07, 6.45) is -0.220. The lowest BCUT2D eigenvalue weighted by atomic mass is 9.82. The molecule has 2 heterocycles.